The molecular weight excluding hydrogens is 192 g/mol. The fourth-order valence-corrected chi connectivity index (χ4v) is 1.09. The van der Waals surface area contributed by atoms with Gasteiger partial charge in [0.2, 0.25) is 0 Å². The third kappa shape index (κ3) is 3.58. The number of hydrogen-bond donors (Lipinski definition) is 1. The summed E-state index contributed by atoms with van der Waals surface area (Å²) >= 11 is 0. The Hall–Kier alpha value is -1.58. The van der Waals surface area contributed by atoms with E-state index in [0.717, 1.165) is 11.3 Å². The van der Waals surface area contributed by atoms with Gasteiger partial charge in [-0.2, -0.15) is 0 Å². The summed E-state index contributed by atoms with van der Waals surface area (Å²) in [5, 5.41) is 2.66. The highest BCUT2D eigenvalue weighted by molar-refractivity contribution is 5.77. The highest BCUT2D eigenvalue weighted by Gasteiger charge is 2.02. The minimum Gasteiger partial charge on any atom is -0.482 e. The van der Waals surface area contributed by atoms with Crippen LogP contribution in [0.3, 0.4) is 0 Å². The smallest absolute Gasteiger partial charge is 0.257 e. The molecular formula is C11H16N2O2. The van der Waals surface area contributed by atoms with E-state index < -0.39 is 0 Å². The molecule has 82 valence electrons. The van der Waals surface area contributed by atoms with Crippen molar-refractivity contribution >= 4 is 5.91 Å². The van der Waals surface area contributed by atoms with E-state index in [4.69, 9.17) is 4.74 Å². The average molecular weight is 208 g/mol. The molecule has 0 aromatic carbocycles. The van der Waals surface area contributed by atoms with Crippen LogP contribution < -0.4 is 10.1 Å². The van der Waals surface area contributed by atoms with Crippen LogP contribution in [0.1, 0.15) is 18.2 Å². The first-order chi connectivity index (χ1) is 7.13. The minimum absolute atomic E-state index is 0.0397. The second-order valence-electron chi connectivity index (χ2n) is 3.32. The number of nitrogens with zero attached hydrogens (tertiary/aromatic N) is 1. The molecule has 0 aliphatic carbocycles. The van der Waals surface area contributed by atoms with Crippen LogP contribution in [-0.2, 0) is 4.79 Å². The quantitative estimate of drug-likeness (QED) is 0.809. The predicted molar refractivity (Wildman–Crippen MR) is 57.9 cm³/mol. The zero-order valence-electron chi connectivity index (χ0n) is 9.33. The molecule has 0 saturated carbocycles. The molecule has 0 saturated heterocycles. The van der Waals surface area contributed by atoms with Gasteiger partial charge in [-0.25, -0.2) is 0 Å². The van der Waals surface area contributed by atoms with Crippen LogP contribution in [0.15, 0.2) is 12.3 Å². The first-order valence-corrected chi connectivity index (χ1v) is 4.96. The van der Waals surface area contributed by atoms with Gasteiger partial charge in [0.25, 0.3) is 5.91 Å². The van der Waals surface area contributed by atoms with Gasteiger partial charge in [0.15, 0.2) is 6.61 Å². The number of nitrogens with one attached hydrogen (secondary N) is 1. The van der Waals surface area contributed by atoms with Crippen molar-refractivity contribution in [3.05, 3.63) is 23.5 Å². The van der Waals surface area contributed by atoms with Crippen LogP contribution in [0.2, 0.25) is 0 Å². The number of aryl methyl sites for hydroxylation is 2. The second-order valence-corrected chi connectivity index (χ2v) is 3.32. The second kappa shape index (κ2) is 5.34. The summed E-state index contributed by atoms with van der Waals surface area (Å²) in [5.74, 6) is 0.514. The Kier molecular flexibility index (Phi) is 4.09. The van der Waals surface area contributed by atoms with Crippen LogP contribution >= 0.6 is 0 Å². The van der Waals surface area contributed by atoms with Crippen LogP contribution in [0.4, 0.5) is 0 Å². The Morgan fingerprint density at radius 2 is 2.27 bits per heavy atom. The van der Waals surface area contributed by atoms with E-state index in [0.29, 0.717) is 12.3 Å². The molecule has 0 bridgehead atoms. The lowest BCUT2D eigenvalue weighted by Crippen LogP contribution is -2.28. The van der Waals surface area contributed by atoms with E-state index in [2.05, 4.69) is 10.3 Å². The van der Waals surface area contributed by atoms with Gasteiger partial charge in [-0.15, -0.1) is 0 Å². The summed E-state index contributed by atoms with van der Waals surface area (Å²) in [6.45, 7) is 6.42. The molecule has 0 aliphatic heterocycles. The van der Waals surface area contributed by atoms with E-state index in [1.807, 2.05) is 26.8 Å². The summed E-state index contributed by atoms with van der Waals surface area (Å²) in [6.07, 6.45) is 1.63. The third-order valence-electron chi connectivity index (χ3n) is 2.06. The number of amides is 1. The highest BCUT2D eigenvalue weighted by Crippen LogP contribution is 2.13. The van der Waals surface area contributed by atoms with Crippen molar-refractivity contribution < 1.29 is 9.53 Å². The lowest BCUT2D eigenvalue weighted by molar-refractivity contribution is -0.122. The maximum absolute atomic E-state index is 11.1. The molecule has 0 atom stereocenters. The molecule has 4 heteroatoms. The lowest BCUT2D eigenvalue weighted by Gasteiger charge is -2.07. The Labute approximate surface area is 89.7 Å². The van der Waals surface area contributed by atoms with E-state index in [-0.39, 0.29) is 12.5 Å². The minimum atomic E-state index is -0.115. The van der Waals surface area contributed by atoms with Gasteiger partial charge in [-0.05, 0) is 32.4 Å². The number of carbonyl (C=O) groups excluding carboxylic acids is 1. The Bertz CT molecular complexity index is 350. The Morgan fingerprint density at radius 3 is 2.87 bits per heavy atom. The standard InChI is InChI=1S/C11H16N2O2/c1-4-12-11(14)7-15-10-5-8(2)9(3)13-6-10/h5-6H,4,7H2,1-3H3,(H,12,14). The van der Waals surface area contributed by atoms with Gasteiger partial charge in [-0.1, -0.05) is 0 Å². The third-order valence-corrected chi connectivity index (χ3v) is 2.06. The van der Waals surface area contributed by atoms with Crippen molar-refractivity contribution in [2.45, 2.75) is 20.8 Å². The number of carbonyl (C=O) groups is 1. The highest BCUT2D eigenvalue weighted by atomic mass is 16.5. The Balaban J connectivity index is 2.51. The number of aromatic nitrogens is 1. The van der Waals surface area contributed by atoms with Crippen molar-refractivity contribution in [3.63, 3.8) is 0 Å². The van der Waals surface area contributed by atoms with Crippen LogP contribution in [0.5, 0.6) is 5.75 Å². The maximum Gasteiger partial charge on any atom is 0.257 e. The molecule has 0 fully saturated rings. The predicted octanol–water partition coefficient (Wildman–Crippen LogP) is 1.21. The first kappa shape index (κ1) is 11.5. The summed E-state index contributed by atoms with van der Waals surface area (Å²) < 4.78 is 5.28. The molecule has 1 rings (SSSR count). The van der Waals surface area contributed by atoms with Crippen molar-refractivity contribution in [3.8, 4) is 5.75 Å². The summed E-state index contributed by atoms with van der Waals surface area (Å²) in [4.78, 5) is 15.3. The lowest BCUT2D eigenvalue weighted by atomic mass is 10.2. The van der Waals surface area contributed by atoms with Gasteiger partial charge in [0, 0.05) is 12.2 Å². The van der Waals surface area contributed by atoms with Gasteiger partial charge in [0.1, 0.15) is 5.75 Å². The zero-order valence-corrected chi connectivity index (χ0v) is 9.33. The summed E-state index contributed by atoms with van der Waals surface area (Å²) in [6, 6.07) is 1.88. The fourth-order valence-electron chi connectivity index (χ4n) is 1.09. The molecule has 1 amide bonds. The average Bonchev–Trinajstić information content (AvgIpc) is 2.20. The number of ether oxygens (including phenoxy) is 1. The van der Waals surface area contributed by atoms with E-state index >= 15 is 0 Å². The largest absolute Gasteiger partial charge is 0.482 e. The number of likely N-dealkylation sites (N-methyl/N-ethyl adjacent to an activating group) is 1. The van der Waals surface area contributed by atoms with Crippen molar-refractivity contribution in [2.75, 3.05) is 13.2 Å². The van der Waals surface area contributed by atoms with Crippen LogP contribution in [0.25, 0.3) is 0 Å². The molecule has 0 radical (unpaired) electrons. The van der Waals surface area contributed by atoms with E-state index in [9.17, 15) is 4.79 Å². The summed E-state index contributed by atoms with van der Waals surface area (Å²) in [7, 11) is 0. The van der Waals surface area contributed by atoms with Crippen molar-refractivity contribution in [1.29, 1.82) is 0 Å². The van der Waals surface area contributed by atoms with Gasteiger partial charge in [0.05, 0.1) is 6.20 Å². The number of rotatable bonds is 4. The molecule has 0 aliphatic rings. The monoisotopic (exact) mass is 208 g/mol. The van der Waals surface area contributed by atoms with Gasteiger partial charge >= 0.3 is 0 Å². The molecule has 4 nitrogen and oxygen atoms in total. The Morgan fingerprint density at radius 1 is 1.53 bits per heavy atom. The molecule has 1 heterocycles. The molecule has 0 unspecified atom stereocenters. The fraction of sp³-hybridized carbons (Fsp3) is 0.455. The van der Waals surface area contributed by atoms with Crippen LogP contribution in [0, 0.1) is 13.8 Å². The van der Waals surface area contributed by atoms with E-state index in [1.54, 1.807) is 6.20 Å². The first-order valence-electron chi connectivity index (χ1n) is 4.96. The zero-order chi connectivity index (χ0) is 11.3. The SMILES string of the molecule is CCNC(=O)COc1cnc(C)c(C)c1. The van der Waals surface area contributed by atoms with Crippen molar-refractivity contribution in [1.82, 2.24) is 10.3 Å². The van der Waals surface area contributed by atoms with E-state index in [1.165, 1.54) is 0 Å². The van der Waals surface area contributed by atoms with Gasteiger partial charge in [-0.3, -0.25) is 9.78 Å². The molecule has 0 spiro atoms. The normalized spacial score (nSPS) is 9.80. The van der Waals surface area contributed by atoms with Crippen molar-refractivity contribution in [2.24, 2.45) is 0 Å². The van der Waals surface area contributed by atoms with Gasteiger partial charge < -0.3 is 10.1 Å². The summed E-state index contributed by atoms with van der Waals surface area (Å²) in [5.41, 5.74) is 2.03. The number of hydrogen-bond acceptors (Lipinski definition) is 3. The molecule has 1 aromatic rings. The molecule has 1 aromatic heterocycles. The molecule has 1 N–H and O–H groups in total. The van der Waals surface area contributed by atoms with Crippen LogP contribution in [-0.4, -0.2) is 24.0 Å². The maximum atomic E-state index is 11.1. The topological polar surface area (TPSA) is 51.2 Å². The molecule has 15 heavy (non-hydrogen) atoms. The number of pyridine rings is 1.